The van der Waals surface area contributed by atoms with E-state index >= 15 is 0 Å². The van der Waals surface area contributed by atoms with Crippen molar-refractivity contribution in [3.8, 4) is 0 Å². The topological polar surface area (TPSA) is 24.5 Å². The first-order chi connectivity index (χ1) is 8.39. The second kappa shape index (κ2) is 5.48. The summed E-state index contributed by atoms with van der Waals surface area (Å²) in [6.07, 6.45) is 1.21. The van der Waals surface area contributed by atoms with Crippen LogP contribution in [0.3, 0.4) is 0 Å². The van der Waals surface area contributed by atoms with Gasteiger partial charge < -0.3 is 10.1 Å². The zero-order valence-corrected chi connectivity index (χ0v) is 12.7. The summed E-state index contributed by atoms with van der Waals surface area (Å²) >= 11 is 0. The molecule has 2 rings (SSSR count). The molecule has 2 aliphatic rings. The minimum absolute atomic E-state index is 0.333. The molecule has 0 aromatic heterocycles. The van der Waals surface area contributed by atoms with Crippen LogP contribution in [0.25, 0.3) is 0 Å². The number of hydrogen-bond donors (Lipinski definition) is 1. The second-order valence-electron chi connectivity index (χ2n) is 7.35. The maximum Gasteiger partial charge on any atom is 0.0622 e. The van der Waals surface area contributed by atoms with E-state index in [1.165, 1.54) is 13.0 Å². The van der Waals surface area contributed by atoms with Crippen LogP contribution in [0.4, 0.5) is 0 Å². The summed E-state index contributed by atoms with van der Waals surface area (Å²) in [5, 5.41) is 3.76. The molecule has 0 spiro atoms. The van der Waals surface area contributed by atoms with Crippen LogP contribution >= 0.6 is 0 Å². The highest BCUT2D eigenvalue weighted by Crippen LogP contribution is 2.28. The van der Waals surface area contributed by atoms with Gasteiger partial charge in [-0.1, -0.05) is 34.6 Å². The zero-order valence-electron chi connectivity index (χ0n) is 12.7. The van der Waals surface area contributed by atoms with Gasteiger partial charge in [0, 0.05) is 37.8 Å². The normalized spacial score (nSPS) is 35.3. The van der Waals surface area contributed by atoms with Crippen molar-refractivity contribution in [1.82, 2.24) is 10.2 Å². The maximum atomic E-state index is 5.60. The monoisotopic (exact) mass is 254 g/mol. The number of ether oxygens (including phenoxy) is 1. The van der Waals surface area contributed by atoms with Gasteiger partial charge in [0.2, 0.25) is 0 Å². The molecule has 0 amide bonds. The van der Waals surface area contributed by atoms with Crippen molar-refractivity contribution >= 4 is 0 Å². The molecule has 2 fully saturated rings. The van der Waals surface area contributed by atoms with Crippen molar-refractivity contribution in [2.24, 2.45) is 11.3 Å². The lowest BCUT2D eigenvalue weighted by atomic mass is 9.83. The van der Waals surface area contributed by atoms with E-state index in [0.29, 0.717) is 29.5 Å². The van der Waals surface area contributed by atoms with Crippen molar-refractivity contribution in [3.63, 3.8) is 0 Å². The van der Waals surface area contributed by atoms with Crippen LogP contribution in [-0.4, -0.2) is 49.3 Å². The Morgan fingerprint density at radius 2 is 2.00 bits per heavy atom. The molecule has 3 atom stereocenters. The molecule has 0 bridgehead atoms. The molecule has 2 aliphatic heterocycles. The summed E-state index contributed by atoms with van der Waals surface area (Å²) < 4.78 is 5.60. The van der Waals surface area contributed by atoms with Crippen LogP contribution in [0.2, 0.25) is 0 Å². The molecule has 0 saturated carbocycles. The molecular weight excluding hydrogens is 224 g/mol. The van der Waals surface area contributed by atoms with Gasteiger partial charge in [0.1, 0.15) is 0 Å². The quantitative estimate of drug-likeness (QED) is 0.817. The highest BCUT2D eigenvalue weighted by atomic mass is 16.5. The smallest absolute Gasteiger partial charge is 0.0622 e. The third-order valence-electron chi connectivity index (χ3n) is 4.58. The molecule has 18 heavy (non-hydrogen) atoms. The maximum absolute atomic E-state index is 5.60. The van der Waals surface area contributed by atoms with E-state index in [1.807, 2.05) is 0 Å². The molecule has 0 aliphatic carbocycles. The van der Waals surface area contributed by atoms with Gasteiger partial charge in [0.05, 0.1) is 6.61 Å². The van der Waals surface area contributed by atoms with Crippen LogP contribution < -0.4 is 5.32 Å². The largest absolute Gasteiger partial charge is 0.380 e. The van der Waals surface area contributed by atoms with Crippen molar-refractivity contribution in [3.05, 3.63) is 0 Å². The number of hydrogen-bond acceptors (Lipinski definition) is 3. The third-order valence-corrected chi connectivity index (χ3v) is 4.58. The Hall–Kier alpha value is -0.120. The molecule has 2 heterocycles. The molecule has 2 saturated heterocycles. The summed E-state index contributed by atoms with van der Waals surface area (Å²) in [6, 6.07) is 1.90. The Morgan fingerprint density at radius 1 is 1.28 bits per heavy atom. The average molecular weight is 254 g/mol. The fraction of sp³-hybridized carbons (Fsp3) is 1.00. The van der Waals surface area contributed by atoms with Crippen molar-refractivity contribution in [1.29, 1.82) is 0 Å². The molecule has 0 aromatic rings. The molecule has 3 nitrogen and oxygen atoms in total. The SMILES string of the molecule is CC(C)C1CNC(C(C)(C)C)CN1C1CCOC1. The molecule has 3 unspecified atom stereocenters. The highest BCUT2D eigenvalue weighted by molar-refractivity contribution is 4.96. The predicted molar refractivity (Wildman–Crippen MR) is 75.8 cm³/mol. The summed E-state index contributed by atoms with van der Waals surface area (Å²) in [7, 11) is 0. The summed E-state index contributed by atoms with van der Waals surface area (Å²) in [5.74, 6) is 0.707. The Kier molecular flexibility index (Phi) is 4.35. The van der Waals surface area contributed by atoms with E-state index in [4.69, 9.17) is 4.74 Å². The fourth-order valence-electron chi connectivity index (χ4n) is 3.19. The van der Waals surface area contributed by atoms with Crippen LogP contribution in [0.15, 0.2) is 0 Å². The first-order valence-electron chi connectivity index (χ1n) is 7.46. The zero-order chi connectivity index (χ0) is 13.3. The molecular formula is C15H30N2O. The van der Waals surface area contributed by atoms with E-state index in [2.05, 4.69) is 44.8 Å². The first-order valence-corrected chi connectivity index (χ1v) is 7.46. The number of piperazine rings is 1. The lowest BCUT2D eigenvalue weighted by Crippen LogP contribution is -2.64. The summed E-state index contributed by atoms with van der Waals surface area (Å²) in [6.45, 7) is 15.9. The Balaban J connectivity index is 2.08. The van der Waals surface area contributed by atoms with E-state index in [-0.39, 0.29) is 0 Å². The van der Waals surface area contributed by atoms with E-state index in [1.54, 1.807) is 0 Å². The number of nitrogens with one attached hydrogen (secondary N) is 1. The van der Waals surface area contributed by atoms with Crippen LogP contribution in [-0.2, 0) is 4.74 Å². The van der Waals surface area contributed by atoms with Crippen molar-refractivity contribution < 1.29 is 4.74 Å². The second-order valence-corrected chi connectivity index (χ2v) is 7.35. The standard InChI is InChI=1S/C15H30N2O/c1-11(2)13-8-16-14(15(3,4)5)9-17(13)12-6-7-18-10-12/h11-14,16H,6-10H2,1-5H3. The van der Waals surface area contributed by atoms with E-state index in [0.717, 1.165) is 19.8 Å². The van der Waals surface area contributed by atoms with Gasteiger partial charge in [-0.25, -0.2) is 0 Å². The van der Waals surface area contributed by atoms with Crippen LogP contribution in [0.5, 0.6) is 0 Å². The molecule has 3 heteroatoms. The average Bonchev–Trinajstić information content (AvgIpc) is 2.80. The number of rotatable bonds is 2. The van der Waals surface area contributed by atoms with Gasteiger partial charge in [-0.2, -0.15) is 0 Å². The fourth-order valence-corrected chi connectivity index (χ4v) is 3.19. The van der Waals surface area contributed by atoms with Gasteiger partial charge >= 0.3 is 0 Å². The lowest BCUT2D eigenvalue weighted by molar-refractivity contribution is 0.0245. The third kappa shape index (κ3) is 3.06. The molecule has 1 N–H and O–H groups in total. The van der Waals surface area contributed by atoms with E-state index < -0.39 is 0 Å². The minimum Gasteiger partial charge on any atom is -0.380 e. The van der Waals surface area contributed by atoms with Crippen molar-refractivity contribution in [2.75, 3.05) is 26.3 Å². The Morgan fingerprint density at radius 3 is 2.50 bits per heavy atom. The number of nitrogens with zero attached hydrogens (tertiary/aromatic N) is 1. The predicted octanol–water partition coefficient (Wildman–Crippen LogP) is 2.12. The Bertz CT molecular complexity index is 266. The van der Waals surface area contributed by atoms with Crippen LogP contribution in [0, 0.1) is 11.3 Å². The van der Waals surface area contributed by atoms with E-state index in [9.17, 15) is 0 Å². The van der Waals surface area contributed by atoms with Crippen LogP contribution in [0.1, 0.15) is 41.0 Å². The summed E-state index contributed by atoms with van der Waals surface area (Å²) in [4.78, 5) is 2.73. The first kappa shape index (κ1) is 14.3. The van der Waals surface area contributed by atoms with Gasteiger partial charge in [-0.3, -0.25) is 4.90 Å². The molecule has 0 radical (unpaired) electrons. The van der Waals surface area contributed by atoms with Gasteiger partial charge in [-0.15, -0.1) is 0 Å². The van der Waals surface area contributed by atoms with Gasteiger partial charge in [-0.05, 0) is 17.8 Å². The van der Waals surface area contributed by atoms with Crippen molar-refractivity contribution in [2.45, 2.75) is 59.2 Å². The molecule has 106 valence electrons. The lowest BCUT2D eigenvalue weighted by Gasteiger charge is -2.48. The summed E-state index contributed by atoms with van der Waals surface area (Å²) in [5.41, 5.74) is 0.333. The van der Waals surface area contributed by atoms with Gasteiger partial charge in [0.25, 0.3) is 0 Å². The molecule has 0 aromatic carbocycles. The Labute approximate surface area is 112 Å². The minimum atomic E-state index is 0.333. The van der Waals surface area contributed by atoms with Gasteiger partial charge in [0.15, 0.2) is 0 Å². The highest BCUT2D eigenvalue weighted by Gasteiger charge is 2.39.